The van der Waals surface area contributed by atoms with Gasteiger partial charge in [-0.15, -0.1) is 0 Å². The van der Waals surface area contributed by atoms with Gasteiger partial charge in [-0.2, -0.15) is 0 Å². The molecule has 0 unspecified atom stereocenters. The van der Waals surface area contributed by atoms with Crippen molar-refractivity contribution in [2.24, 2.45) is 0 Å². The Labute approximate surface area is 160 Å². The molecule has 0 bridgehead atoms. The van der Waals surface area contributed by atoms with Gasteiger partial charge in [-0.3, -0.25) is 4.79 Å². The van der Waals surface area contributed by atoms with E-state index in [-0.39, 0.29) is 5.91 Å². The predicted octanol–water partition coefficient (Wildman–Crippen LogP) is 4.31. The molecule has 27 heavy (non-hydrogen) atoms. The molecule has 0 radical (unpaired) electrons. The maximum Gasteiger partial charge on any atom is 0.254 e. The van der Waals surface area contributed by atoms with Gasteiger partial charge in [0.15, 0.2) is 0 Å². The van der Waals surface area contributed by atoms with Crippen molar-refractivity contribution >= 4 is 11.6 Å². The summed E-state index contributed by atoms with van der Waals surface area (Å²) in [4.78, 5) is 14.4. The summed E-state index contributed by atoms with van der Waals surface area (Å²) in [5, 5.41) is 3.58. The van der Waals surface area contributed by atoms with Crippen molar-refractivity contribution in [2.45, 2.75) is 31.7 Å². The summed E-state index contributed by atoms with van der Waals surface area (Å²) in [5.41, 5.74) is 1.78. The number of hydrogen-bond donors (Lipinski definition) is 1. The summed E-state index contributed by atoms with van der Waals surface area (Å²) in [6.45, 7) is 2.48. The molecule has 5 nitrogen and oxygen atoms in total. The van der Waals surface area contributed by atoms with E-state index in [0.29, 0.717) is 43.7 Å². The van der Waals surface area contributed by atoms with Crippen LogP contribution in [0.15, 0.2) is 48.5 Å². The molecule has 0 atom stereocenters. The van der Waals surface area contributed by atoms with Crippen molar-refractivity contribution in [3.63, 3.8) is 0 Å². The number of nitrogens with zero attached hydrogens (tertiary/aromatic N) is 1. The summed E-state index contributed by atoms with van der Waals surface area (Å²) >= 11 is 0. The normalized spacial score (nSPS) is 17.7. The van der Waals surface area contributed by atoms with Gasteiger partial charge < -0.3 is 19.7 Å². The van der Waals surface area contributed by atoms with Crippen molar-refractivity contribution < 1.29 is 14.3 Å². The lowest BCUT2D eigenvalue weighted by Gasteiger charge is -2.27. The van der Waals surface area contributed by atoms with Crippen LogP contribution < -0.4 is 10.1 Å². The molecule has 142 valence electrons. The third-order valence-corrected chi connectivity index (χ3v) is 5.20. The van der Waals surface area contributed by atoms with E-state index >= 15 is 0 Å². The monoisotopic (exact) mass is 366 g/mol. The van der Waals surface area contributed by atoms with E-state index < -0.39 is 0 Å². The minimum atomic E-state index is 0.0276. The molecule has 4 rings (SSSR count). The topological polar surface area (TPSA) is 50.8 Å². The second-order valence-corrected chi connectivity index (χ2v) is 7.18. The third-order valence-electron chi connectivity index (χ3n) is 5.20. The zero-order valence-electron chi connectivity index (χ0n) is 15.5. The van der Waals surface area contributed by atoms with Crippen LogP contribution in [0.1, 0.15) is 36.0 Å². The SMILES string of the molecule is O=C(c1cccc(Oc2ccc(NC3CCCC3)cc2)c1)N1CCOCC1. The van der Waals surface area contributed by atoms with E-state index in [1.165, 1.54) is 25.7 Å². The molecule has 1 heterocycles. The van der Waals surface area contributed by atoms with Gasteiger partial charge in [0.2, 0.25) is 0 Å². The number of carbonyl (C=O) groups is 1. The molecule has 1 aliphatic heterocycles. The highest BCUT2D eigenvalue weighted by Crippen LogP contribution is 2.26. The minimum absolute atomic E-state index is 0.0276. The fraction of sp³-hybridized carbons (Fsp3) is 0.409. The van der Waals surface area contributed by atoms with Crippen LogP contribution in [0.2, 0.25) is 0 Å². The highest BCUT2D eigenvalue weighted by molar-refractivity contribution is 5.94. The summed E-state index contributed by atoms with van der Waals surface area (Å²) in [5.74, 6) is 1.47. The van der Waals surface area contributed by atoms with E-state index in [0.717, 1.165) is 11.4 Å². The summed E-state index contributed by atoms with van der Waals surface area (Å²) < 4.78 is 11.3. The Morgan fingerprint density at radius 3 is 2.48 bits per heavy atom. The van der Waals surface area contributed by atoms with Gasteiger partial charge in [0.25, 0.3) is 5.91 Å². The van der Waals surface area contributed by atoms with Gasteiger partial charge in [0, 0.05) is 30.4 Å². The van der Waals surface area contributed by atoms with Crippen LogP contribution in [0.4, 0.5) is 5.69 Å². The second kappa shape index (κ2) is 8.44. The van der Waals surface area contributed by atoms with Gasteiger partial charge in [0.1, 0.15) is 11.5 Å². The molecule has 0 spiro atoms. The molecule has 2 aliphatic rings. The first-order valence-electron chi connectivity index (χ1n) is 9.79. The van der Waals surface area contributed by atoms with Crippen LogP contribution in [0.25, 0.3) is 0 Å². The number of carbonyl (C=O) groups excluding carboxylic acids is 1. The molecule has 1 saturated carbocycles. The lowest BCUT2D eigenvalue weighted by atomic mass is 10.2. The van der Waals surface area contributed by atoms with Gasteiger partial charge >= 0.3 is 0 Å². The average molecular weight is 366 g/mol. The van der Waals surface area contributed by atoms with E-state index in [9.17, 15) is 4.79 Å². The van der Waals surface area contributed by atoms with Crippen LogP contribution in [0.5, 0.6) is 11.5 Å². The van der Waals surface area contributed by atoms with Gasteiger partial charge in [0.05, 0.1) is 13.2 Å². The summed E-state index contributed by atoms with van der Waals surface area (Å²) in [6.07, 6.45) is 5.14. The molecule has 2 aromatic rings. The van der Waals surface area contributed by atoms with Crippen molar-refractivity contribution in [2.75, 3.05) is 31.6 Å². The average Bonchev–Trinajstić information content (AvgIpc) is 3.23. The molecular weight excluding hydrogens is 340 g/mol. The first-order valence-corrected chi connectivity index (χ1v) is 9.79. The lowest BCUT2D eigenvalue weighted by Crippen LogP contribution is -2.40. The van der Waals surface area contributed by atoms with Gasteiger partial charge in [-0.05, 0) is 55.3 Å². The van der Waals surface area contributed by atoms with E-state index in [2.05, 4.69) is 17.4 Å². The lowest BCUT2D eigenvalue weighted by molar-refractivity contribution is 0.0302. The largest absolute Gasteiger partial charge is 0.457 e. The van der Waals surface area contributed by atoms with Crippen LogP contribution in [-0.2, 0) is 4.74 Å². The molecule has 1 amide bonds. The van der Waals surface area contributed by atoms with Gasteiger partial charge in [-0.25, -0.2) is 0 Å². The number of ether oxygens (including phenoxy) is 2. The van der Waals surface area contributed by atoms with Crippen LogP contribution in [-0.4, -0.2) is 43.2 Å². The fourth-order valence-electron chi connectivity index (χ4n) is 3.70. The summed E-state index contributed by atoms with van der Waals surface area (Å²) in [6, 6.07) is 16.0. The number of nitrogens with one attached hydrogen (secondary N) is 1. The third kappa shape index (κ3) is 4.61. The number of benzene rings is 2. The summed E-state index contributed by atoms with van der Waals surface area (Å²) in [7, 11) is 0. The zero-order valence-corrected chi connectivity index (χ0v) is 15.5. The first-order chi connectivity index (χ1) is 13.3. The fourth-order valence-corrected chi connectivity index (χ4v) is 3.70. The Bertz CT molecular complexity index is 763. The van der Waals surface area contributed by atoms with Gasteiger partial charge in [-0.1, -0.05) is 18.9 Å². The minimum Gasteiger partial charge on any atom is -0.457 e. The van der Waals surface area contributed by atoms with E-state index in [4.69, 9.17) is 9.47 Å². The number of morpholine rings is 1. The molecular formula is C22H26N2O3. The number of anilines is 1. The number of amides is 1. The van der Waals surface area contributed by atoms with E-state index in [1.54, 1.807) is 0 Å². The Balaban J connectivity index is 1.39. The van der Waals surface area contributed by atoms with Crippen LogP contribution >= 0.6 is 0 Å². The number of hydrogen-bond acceptors (Lipinski definition) is 4. The Morgan fingerprint density at radius 2 is 1.74 bits per heavy atom. The Morgan fingerprint density at radius 1 is 1.00 bits per heavy atom. The molecule has 5 heteroatoms. The maximum atomic E-state index is 12.6. The Hall–Kier alpha value is -2.53. The van der Waals surface area contributed by atoms with Crippen LogP contribution in [0, 0.1) is 0 Å². The van der Waals surface area contributed by atoms with Crippen molar-refractivity contribution in [3.05, 3.63) is 54.1 Å². The smallest absolute Gasteiger partial charge is 0.254 e. The molecule has 1 aliphatic carbocycles. The van der Waals surface area contributed by atoms with E-state index in [1.807, 2.05) is 41.3 Å². The highest BCUT2D eigenvalue weighted by Gasteiger charge is 2.19. The Kier molecular flexibility index (Phi) is 5.58. The number of rotatable bonds is 5. The molecule has 0 aromatic heterocycles. The molecule has 2 aromatic carbocycles. The van der Waals surface area contributed by atoms with Crippen molar-refractivity contribution in [1.82, 2.24) is 4.90 Å². The quantitative estimate of drug-likeness (QED) is 0.857. The van der Waals surface area contributed by atoms with Crippen LogP contribution in [0.3, 0.4) is 0 Å². The van der Waals surface area contributed by atoms with Crippen molar-refractivity contribution in [3.8, 4) is 11.5 Å². The van der Waals surface area contributed by atoms with Crippen molar-refractivity contribution in [1.29, 1.82) is 0 Å². The second-order valence-electron chi connectivity index (χ2n) is 7.18. The predicted molar refractivity (Wildman–Crippen MR) is 106 cm³/mol. The molecule has 1 saturated heterocycles. The zero-order chi connectivity index (χ0) is 18.5. The molecule has 2 fully saturated rings. The highest BCUT2D eigenvalue weighted by atomic mass is 16.5. The standard InChI is InChI=1S/C22H26N2O3/c25-22(24-12-14-26-15-13-24)17-4-3-7-21(16-17)27-20-10-8-19(9-11-20)23-18-5-1-2-6-18/h3-4,7-11,16,18,23H,1-2,5-6,12-15H2. The first kappa shape index (κ1) is 17.9. The maximum absolute atomic E-state index is 12.6. The molecule has 1 N–H and O–H groups in total.